The van der Waals surface area contributed by atoms with E-state index in [1.54, 1.807) is 0 Å². The molecule has 11 rings (SSSR count). The van der Waals surface area contributed by atoms with Crippen molar-refractivity contribution in [2.45, 2.75) is 27.7 Å². The van der Waals surface area contributed by atoms with Crippen molar-refractivity contribution in [3.63, 3.8) is 0 Å². The molecule has 1 aromatic heterocycles. The van der Waals surface area contributed by atoms with E-state index in [1.165, 1.54) is 71.1 Å². The Bertz CT molecular complexity index is 3300. The molecule has 61 heavy (non-hydrogen) atoms. The van der Waals surface area contributed by atoms with Gasteiger partial charge in [0.05, 0.1) is 17.6 Å². The molecule has 0 spiro atoms. The Hall–Kier alpha value is -7.43. The zero-order valence-corrected chi connectivity index (χ0v) is 34.8. The van der Waals surface area contributed by atoms with E-state index < -0.39 is 0 Å². The minimum atomic E-state index is 0.0477. The molecule has 2 heterocycles. The Morgan fingerprint density at radius 2 is 1.20 bits per heavy atom. The van der Waals surface area contributed by atoms with Crippen molar-refractivity contribution in [3.05, 3.63) is 211 Å². The van der Waals surface area contributed by atoms with Gasteiger partial charge in [-0.2, -0.15) is 0 Å². The molecule has 0 N–H and O–H groups in total. The molecular formula is C57H43BN2O. The number of hydrogen-bond acceptors (Lipinski definition) is 3. The molecule has 1 aliphatic rings. The van der Waals surface area contributed by atoms with Crippen LogP contribution in [-0.4, -0.2) is 11.7 Å². The quantitative estimate of drug-likeness (QED) is 0.119. The van der Waals surface area contributed by atoms with Crippen LogP contribution in [0.1, 0.15) is 22.3 Å². The van der Waals surface area contributed by atoms with Crippen LogP contribution in [0.2, 0.25) is 0 Å². The van der Waals surface area contributed by atoms with Crippen LogP contribution in [-0.2, 0) is 0 Å². The highest BCUT2D eigenvalue weighted by Crippen LogP contribution is 2.51. The fourth-order valence-electron chi connectivity index (χ4n) is 10.0. The number of para-hydroxylation sites is 1. The van der Waals surface area contributed by atoms with Gasteiger partial charge in [-0.25, -0.2) is 0 Å². The smallest absolute Gasteiger partial charge is 0.242 e. The summed E-state index contributed by atoms with van der Waals surface area (Å²) in [4.78, 5) is 6.83. The Morgan fingerprint density at radius 3 is 1.98 bits per heavy atom. The van der Waals surface area contributed by atoms with Gasteiger partial charge in [0.2, 0.25) is 6.71 Å². The third-order valence-corrected chi connectivity index (χ3v) is 12.6. The molecule has 10 aromatic rings. The molecule has 4 heteroatoms. The van der Waals surface area contributed by atoms with Crippen molar-refractivity contribution in [2.75, 3.05) is 4.90 Å². The lowest BCUT2D eigenvalue weighted by Gasteiger charge is -2.29. The topological polar surface area (TPSA) is 25.4 Å². The largest absolute Gasteiger partial charge is 0.456 e. The first-order valence-corrected chi connectivity index (χ1v) is 21.1. The second-order valence-electron chi connectivity index (χ2n) is 16.6. The van der Waals surface area contributed by atoms with E-state index in [4.69, 9.17) is 4.74 Å². The van der Waals surface area contributed by atoms with E-state index in [9.17, 15) is 0 Å². The van der Waals surface area contributed by atoms with E-state index in [0.29, 0.717) is 0 Å². The van der Waals surface area contributed by atoms with Crippen LogP contribution in [0, 0.1) is 27.7 Å². The van der Waals surface area contributed by atoms with Crippen molar-refractivity contribution < 1.29 is 4.74 Å². The third kappa shape index (κ3) is 6.17. The van der Waals surface area contributed by atoms with Gasteiger partial charge in [-0.1, -0.05) is 166 Å². The lowest BCUT2D eigenvalue weighted by atomic mass is 9.35. The maximum absolute atomic E-state index is 6.99. The lowest BCUT2D eigenvalue weighted by molar-refractivity contribution is 0.487. The van der Waals surface area contributed by atoms with Gasteiger partial charge in [0.15, 0.2) is 0 Å². The van der Waals surface area contributed by atoms with Gasteiger partial charge in [0, 0.05) is 34.5 Å². The average molecular weight is 783 g/mol. The molecule has 0 atom stereocenters. The minimum Gasteiger partial charge on any atom is -0.456 e. The third-order valence-electron chi connectivity index (χ3n) is 12.6. The number of rotatable bonds is 7. The Morgan fingerprint density at radius 1 is 0.475 bits per heavy atom. The van der Waals surface area contributed by atoms with Gasteiger partial charge in [0.25, 0.3) is 0 Å². The number of benzene rings is 9. The summed E-state index contributed by atoms with van der Waals surface area (Å²) in [6.45, 7) is 8.97. The highest BCUT2D eigenvalue weighted by Gasteiger charge is 2.30. The number of hydrogen-bond donors (Lipinski definition) is 0. The molecule has 0 unspecified atom stereocenters. The van der Waals surface area contributed by atoms with E-state index in [0.717, 1.165) is 50.6 Å². The monoisotopic (exact) mass is 782 g/mol. The summed E-state index contributed by atoms with van der Waals surface area (Å²) in [6.07, 6.45) is 3.75. The summed E-state index contributed by atoms with van der Waals surface area (Å²) >= 11 is 0. The Labute approximate surface area is 357 Å². The van der Waals surface area contributed by atoms with Gasteiger partial charge in [0.1, 0.15) is 11.5 Å². The van der Waals surface area contributed by atoms with E-state index in [1.807, 2.05) is 18.5 Å². The molecule has 9 aromatic carbocycles. The predicted molar refractivity (Wildman–Crippen MR) is 259 cm³/mol. The summed E-state index contributed by atoms with van der Waals surface area (Å²) in [6, 6.07) is 64.2. The van der Waals surface area contributed by atoms with Gasteiger partial charge in [-0.15, -0.1) is 0 Å². The van der Waals surface area contributed by atoms with Crippen LogP contribution < -0.4 is 26.0 Å². The van der Waals surface area contributed by atoms with E-state index >= 15 is 0 Å². The van der Waals surface area contributed by atoms with Crippen LogP contribution >= 0.6 is 0 Å². The Balaban J connectivity index is 1.13. The summed E-state index contributed by atoms with van der Waals surface area (Å²) in [5.74, 6) is 1.69. The second kappa shape index (κ2) is 14.7. The van der Waals surface area contributed by atoms with Crippen LogP contribution in [0.15, 0.2) is 188 Å². The van der Waals surface area contributed by atoms with Gasteiger partial charge >= 0.3 is 0 Å². The second-order valence-corrected chi connectivity index (χ2v) is 16.6. The maximum Gasteiger partial charge on any atom is 0.242 e. The minimum absolute atomic E-state index is 0.0477. The highest BCUT2D eigenvalue weighted by molar-refractivity contribution is 6.97. The number of ether oxygens (including phenoxy) is 1. The van der Waals surface area contributed by atoms with Crippen molar-refractivity contribution in [1.82, 2.24) is 4.98 Å². The summed E-state index contributed by atoms with van der Waals surface area (Å²) in [5.41, 5.74) is 16.8. The SMILES string of the molecule is Cc1ccc(B(c2c(C)cc(C)cc2C)c2cc3c4cccc5c4c(cc3c3ccccc23)-c2ccc(N(c3cccnc3)c3ccccc3-c3ccccc3)cc2O5)cc1. The van der Waals surface area contributed by atoms with E-state index in [2.05, 4.69) is 207 Å². The molecule has 290 valence electrons. The highest BCUT2D eigenvalue weighted by atomic mass is 16.5. The molecule has 0 aliphatic carbocycles. The molecule has 0 saturated heterocycles. The normalized spacial score (nSPS) is 11.7. The van der Waals surface area contributed by atoms with Gasteiger partial charge in [-0.05, 0) is 108 Å². The predicted octanol–water partition coefficient (Wildman–Crippen LogP) is 13.2. The zero-order chi connectivity index (χ0) is 41.2. The van der Waals surface area contributed by atoms with Crippen molar-refractivity contribution >= 4 is 72.5 Å². The van der Waals surface area contributed by atoms with Crippen molar-refractivity contribution in [1.29, 1.82) is 0 Å². The molecular weight excluding hydrogens is 739 g/mol. The fourth-order valence-corrected chi connectivity index (χ4v) is 10.0. The lowest BCUT2D eigenvalue weighted by Crippen LogP contribution is -2.54. The van der Waals surface area contributed by atoms with Crippen molar-refractivity contribution in [3.8, 4) is 33.8 Å². The van der Waals surface area contributed by atoms with Crippen LogP contribution in [0.4, 0.5) is 17.1 Å². The summed E-state index contributed by atoms with van der Waals surface area (Å²) in [7, 11) is 0. The average Bonchev–Trinajstić information content (AvgIpc) is 3.29. The van der Waals surface area contributed by atoms with Crippen LogP contribution in [0.25, 0.3) is 54.6 Å². The van der Waals surface area contributed by atoms with Gasteiger partial charge in [-0.3, -0.25) is 4.98 Å². The number of nitrogens with zero attached hydrogens (tertiary/aromatic N) is 2. The maximum atomic E-state index is 6.99. The number of aromatic nitrogens is 1. The number of fused-ring (bicyclic) bond motifs is 6. The molecule has 0 saturated carbocycles. The molecule has 1 aliphatic heterocycles. The standard InChI is InChI=1S/C57H43BN2O/c1-36-23-25-41(26-24-36)58(57-38(3)30-37(2)31-39(57)4)52-34-50-48-20-12-22-54-56(48)51(33-49(50)45-18-8-9-19-46(45)52)47-28-27-42(32-55(47)61-54)60(43-16-13-29-59-35-43)53-21-11-10-17-44(53)40-14-6-5-7-15-40/h5-35H,1-4H3. The van der Waals surface area contributed by atoms with Crippen molar-refractivity contribution in [2.24, 2.45) is 0 Å². The van der Waals surface area contributed by atoms with Gasteiger partial charge < -0.3 is 9.64 Å². The Kier molecular flexibility index (Phi) is 8.82. The molecule has 0 bridgehead atoms. The first-order chi connectivity index (χ1) is 29.9. The first kappa shape index (κ1) is 36.6. The molecule has 0 radical (unpaired) electrons. The van der Waals surface area contributed by atoms with E-state index in [-0.39, 0.29) is 6.71 Å². The number of anilines is 3. The summed E-state index contributed by atoms with van der Waals surface area (Å²) < 4.78 is 6.99. The number of aryl methyl sites for hydroxylation is 4. The van der Waals surface area contributed by atoms with Crippen LogP contribution in [0.5, 0.6) is 11.5 Å². The zero-order valence-electron chi connectivity index (χ0n) is 34.8. The number of pyridine rings is 1. The molecule has 0 fully saturated rings. The van der Waals surface area contributed by atoms with Crippen LogP contribution in [0.3, 0.4) is 0 Å². The molecule has 0 amide bonds. The fraction of sp³-hybridized carbons (Fsp3) is 0.0702. The molecule has 3 nitrogen and oxygen atoms in total. The first-order valence-electron chi connectivity index (χ1n) is 21.1. The summed E-state index contributed by atoms with van der Waals surface area (Å²) in [5, 5.41) is 7.34.